The lowest BCUT2D eigenvalue weighted by Crippen LogP contribution is -3.00. The molecule has 0 bridgehead atoms. The first-order valence-electron chi connectivity index (χ1n) is 14.4. The van der Waals surface area contributed by atoms with E-state index < -0.39 is 0 Å². The molecule has 3 nitrogen and oxygen atoms in total. The number of aliphatic hydroxyl groups excluding tert-OH is 1. The van der Waals surface area contributed by atoms with E-state index in [4.69, 9.17) is 0 Å². The first kappa shape index (κ1) is 31.0. The molecule has 1 heterocycles. The van der Waals surface area contributed by atoms with E-state index in [0.717, 1.165) is 25.9 Å². The Labute approximate surface area is 217 Å². The van der Waals surface area contributed by atoms with Crippen molar-refractivity contribution in [2.24, 2.45) is 0 Å². The van der Waals surface area contributed by atoms with Gasteiger partial charge < -0.3 is 17.5 Å². The summed E-state index contributed by atoms with van der Waals surface area (Å²) in [6, 6.07) is 11.2. The molecule has 0 amide bonds. The van der Waals surface area contributed by atoms with E-state index in [1.807, 2.05) is 0 Å². The molecule has 0 aliphatic carbocycles. The van der Waals surface area contributed by atoms with Crippen LogP contribution in [0.4, 0.5) is 0 Å². The van der Waals surface area contributed by atoms with Crippen LogP contribution in [0.15, 0.2) is 30.3 Å². The van der Waals surface area contributed by atoms with Crippen molar-refractivity contribution >= 4 is 5.84 Å². The van der Waals surface area contributed by atoms with Crippen molar-refractivity contribution in [2.45, 2.75) is 129 Å². The van der Waals surface area contributed by atoms with Crippen LogP contribution in [-0.4, -0.2) is 41.3 Å². The van der Waals surface area contributed by atoms with Gasteiger partial charge in [-0.15, -0.1) is 0 Å². The minimum Gasteiger partial charge on any atom is -1.00 e. The molecule has 34 heavy (non-hydrogen) atoms. The number of amidine groups is 1. The average molecular weight is 493 g/mol. The zero-order valence-electron chi connectivity index (χ0n) is 22.1. The number of hydrogen-bond acceptors (Lipinski definition) is 2. The Hall–Kier alpha value is -1.06. The molecule has 0 aromatic heterocycles. The van der Waals surface area contributed by atoms with Gasteiger partial charge in [-0.3, -0.25) is 9.89 Å². The molecule has 1 unspecified atom stereocenters. The first-order chi connectivity index (χ1) is 16.3. The van der Waals surface area contributed by atoms with Gasteiger partial charge in [0, 0.05) is 13.0 Å². The normalized spacial score (nSPS) is 15.4. The van der Waals surface area contributed by atoms with Crippen LogP contribution in [0, 0.1) is 0 Å². The summed E-state index contributed by atoms with van der Waals surface area (Å²) in [6.07, 6.45) is 24.5. The van der Waals surface area contributed by atoms with Crippen LogP contribution in [0.1, 0.15) is 122 Å². The lowest BCUT2D eigenvalue weighted by atomic mass is 10.0. The van der Waals surface area contributed by atoms with Crippen LogP contribution in [0.3, 0.4) is 0 Å². The Morgan fingerprint density at radius 1 is 0.765 bits per heavy atom. The van der Waals surface area contributed by atoms with E-state index in [1.165, 1.54) is 114 Å². The van der Waals surface area contributed by atoms with E-state index in [1.54, 1.807) is 0 Å². The molecule has 1 aliphatic heterocycles. The van der Waals surface area contributed by atoms with Crippen LogP contribution in [-0.2, 0) is 6.42 Å². The standard InChI is InChI=1S/C30H52N2O.ClH/c1-2-3-4-5-6-7-8-9-10-11-12-13-14-15-16-20-24-32-29(23-25-33)27-31-30(32)26-28-21-18-17-19-22-28;/h17-19,21-22,29,33H,2-16,20,23-27H2,1H3;1H. The molecule has 1 aromatic rings. The molecule has 0 fully saturated rings. The molecule has 0 saturated heterocycles. The topological polar surface area (TPSA) is 35.3 Å². The summed E-state index contributed by atoms with van der Waals surface area (Å²) in [5.41, 5.74) is 1.36. The van der Waals surface area contributed by atoms with Gasteiger partial charge in [0.15, 0.2) is 0 Å². The Bertz CT molecular complexity index is 619. The lowest BCUT2D eigenvalue weighted by molar-refractivity contribution is -0.558. The quantitative estimate of drug-likeness (QED) is 0.199. The van der Waals surface area contributed by atoms with Gasteiger partial charge in [0.05, 0.1) is 13.0 Å². The van der Waals surface area contributed by atoms with Crippen LogP contribution in [0.2, 0.25) is 0 Å². The van der Waals surface area contributed by atoms with Gasteiger partial charge in [-0.05, 0) is 18.4 Å². The Kier molecular flexibility index (Phi) is 19.3. The zero-order chi connectivity index (χ0) is 23.4. The third-order valence-corrected chi connectivity index (χ3v) is 7.26. The zero-order valence-corrected chi connectivity index (χ0v) is 22.8. The number of rotatable bonds is 21. The second kappa shape index (κ2) is 21.2. The number of nitrogens with one attached hydrogen (secondary N) is 1. The van der Waals surface area contributed by atoms with Crippen LogP contribution >= 0.6 is 0 Å². The van der Waals surface area contributed by atoms with Gasteiger partial charge >= 0.3 is 0 Å². The maximum Gasteiger partial charge on any atom is 0.249 e. The molecule has 0 saturated carbocycles. The number of nitrogens with zero attached hydrogens (tertiary/aromatic N) is 1. The fraction of sp³-hybridized carbons (Fsp3) is 0.767. The Morgan fingerprint density at radius 2 is 1.26 bits per heavy atom. The second-order valence-electron chi connectivity index (χ2n) is 10.2. The molecular weight excluding hydrogens is 440 g/mol. The van der Waals surface area contributed by atoms with E-state index >= 15 is 0 Å². The van der Waals surface area contributed by atoms with Crippen molar-refractivity contribution in [3.8, 4) is 0 Å². The third-order valence-electron chi connectivity index (χ3n) is 7.26. The van der Waals surface area contributed by atoms with Crippen molar-refractivity contribution < 1.29 is 22.1 Å². The highest BCUT2D eigenvalue weighted by Crippen LogP contribution is 2.15. The van der Waals surface area contributed by atoms with Crippen molar-refractivity contribution in [3.05, 3.63) is 35.9 Å². The maximum atomic E-state index is 9.47. The van der Waals surface area contributed by atoms with E-state index in [2.05, 4.69) is 47.1 Å². The largest absolute Gasteiger partial charge is 1.00 e. The fourth-order valence-corrected chi connectivity index (χ4v) is 5.18. The minimum absolute atomic E-state index is 0. The molecule has 1 aromatic carbocycles. The predicted octanol–water partition coefficient (Wildman–Crippen LogP) is 4.26. The number of benzene rings is 1. The second-order valence-corrected chi connectivity index (χ2v) is 10.2. The highest BCUT2D eigenvalue weighted by molar-refractivity contribution is 5.80. The van der Waals surface area contributed by atoms with Gasteiger partial charge in [-0.25, -0.2) is 0 Å². The molecular formula is C30H53ClN2O. The average Bonchev–Trinajstić information content (AvgIpc) is 3.20. The summed E-state index contributed by atoms with van der Waals surface area (Å²) >= 11 is 0. The monoisotopic (exact) mass is 492 g/mol. The SMILES string of the molecule is CCCCCCCCCCCCCCCCCC[N+]1=C(Cc2ccccc2)NCC1CCO.[Cl-]. The molecule has 0 radical (unpaired) electrons. The Morgan fingerprint density at radius 3 is 1.76 bits per heavy atom. The minimum atomic E-state index is 0. The molecule has 196 valence electrons. The fourth-order valence-electron chi connectivity index (χ4n) is 5.18. The van der Waals surface area contributed by atoms with Crippen LogP contribution < -0.4 is 17.7 Å². The summed E-state index contributed by atoms with van der Waals surface area (Å²) < 4.78 is 2.55. The third kappa shape index (κ3) is 13.7. The number of halogens is 1. The maximum absolute atomic E-state index is 9.47. The highest BCUT2D eigenvalue weighted by atomic mass is 35.5. The summed E-state index contributed by atoms with van der Waals surface area (Å²) in [6.45, 7) is 4.67. The molecule has 0 spiro atoms. The van der Waals surface area contributed by atoms with Crippen LogP contribution in [0.25, 0.3) is 0 Å². The van der Waals surface area contributed by atoms with E-state index in [9.17, 15) is 5.11 Å². The van der Waals surface area contributed by atoms with Crippen molar-refractivity contribution in [3.63, 3.8) is 0 Å². The smallest absolute Gasteiger partial charge is 0.249 e. The summed E-state index contributed by atoms with van der Waals surface area (Å²) in [5, 5.41) is 13.1. The Balaban J connectivity index is 0.00000578. The summed E-state index contributed by atoms with van der Waals surface area (Å²) in [7, 11) is 0. The van der Waals surface area contributed by atoms with Gasteiger partial charge in [0.2, 0.25) is 5.84 Å². The molecule has 2 N–H and O–H groups in total. The van der Waals surface area contributed by atoms with Gasteiger partial charge in [0.25, 0.3) is 0 Å². The number of unbranched alkanes of at least 4 members (excludes halogenated alkanes) is 15. The molecule has 1 aliphatic rings. The van der Waals surface area contributed by atoms with E-state index in [0.29, 0.717) is 6.04 Å². The first-order valence-corrected chi connectivity index (χ1v) is 14.4. The van der Waals surface area contributed by atoms with Crippen molar-refractivity contribution in [1.82, 2.24) is 5.32 Å². The summed E-state index contributed by atoms with van der Waals surface area (Å²) in [4.78, 5) is 0. The van der Waals surface area contributed by atoms with Gasteiger partial charge in [-0.1, -0.05) is 127 Å². The van der Waals surface area contributed by atoms with Gasteiger partial charge in [0.1, 0.15) is 12.6 Å². The van der Waals surface area contributed by atoms with Crippen molar-refractivity contribution in [1.29, 1.82) is 0 Å². The van der Waals surface area contributed by atoms with Gasteiger partial charge in [-0.2, -0.15) is 0 Å². The molecule has 4 heteroatoms. The van der Waals surface area contributed by atoms with Crippen molar-refractivity contribution in [2.75, 3.05) is 19.7 Å². The summed E-state index contributed by atoms with van der Waals surface area (Å²) in [5.74, 6) is 1.35. The molecule has 1 atom stereocenters. The number of aliphatic hydroxyl groups is 1. The lowest BCUT2D eigenvalue weighted by Gasteiger charge is -2.12. The molecule has 2 rings (SSSR count). The van der Waals surface area contributed by atoms with E-state index in [-0.39, 0.29) is 19.0 Å². The highest BCUT2D eigenvalue weighted by Gasteiger charge is 2.30. The number of hydrogen-bond donors (Lipinski definition) is 2. The predicted molar refractivity (Wildman–Crippen MR) is 143 cm³/mol. The van der Waals surface area contributed by atoms with Crippen LogP contribution in [0.5, 0.6) is 0 Å².